The molecule has 86 valence electrons. The molecule has 0 aromatic heterocycles. The Labute approximate surface area is 86.8 Å². The van der Waals surface area contributed by atoms with Crippen LogP contribution in [0.4, 0.5) is 0 Å². The van der Waals surface area contributed by atoms with Gasteiger partial charge in [-0.15, -0.1) is 0 Å². The van der Waals surface area contributed by atoms with E-state index in [1.807, 2.05) is 0 Å². The Balaban J connectivity index is 3.64. The fourth-order valence-electron chi connectivity index (χ4n) is 0.892. The summed E-state index contributed by atoms with van der Waals surface area (Å²) in [7, 11) is 0. The van der Waals surface area contributed by atoms with Gasteiger partial charge in [-0.3, -0.25) is 14.4 Å². The number of nitrogens with one attached hydrogen (secondary N) is 1. The molecule has 0 saturated carbocycles. The Morgan fingerprint density at radius 3 is 2.40 bits per heavy atom. The van der Waals surface area contributed by atoms with Gasteiger partial charge >= 0.3 is 5.97 Å². The fraction of sp³-hybridized carbons (Fsp3) is 0.625. The van der Waals surface area contributed by atoms with E-state index in [0.717, 1.165) is 0 Å². The van der Waals surface area contributed by atoms with E-state index in [9.17, 15) is 14.4 Å². The molecule has 0 bridgehead atoms. The summed E-state index contributed by atoms with van der Waals surface area (Å²) in [5.74, 6) is -2.08. The molecule has 0 aliphatic rings. The molecule has 0 aliphatic carbocycles. The predicted octanol–water partition coefficient (Wildman–Crippen LogP) is -1.83. The van der Waals surface area contributed by atoms with Crippen LogP contribution in [-0.4, -0.2) is 35.5 Å². The zero-order valence-corrected chi connectivity index (χ0v) is 8.23. The third kappa shape index (κ3) is 7.44. The second-order valence-electron chi connectivity index (χ2n) is 3.07. The average molecular weight is 217 g/mol. The van der Waals surface area contributed by atoms with Crippen molar-refractivity contribution >= 4 is 17.8 Å². The van der Waals surface area contributed by atoms with Gasteiger partial charge in [0.1, 0.15) is 0 Å². The van der Waals surface area contributed by atoms with Crippen LogP contribution in [0.3, 0.4) is 0 Å². The van der Waals surface area contributed by atoms with E-state index >= 15 is 0 Å². The van der Waals surface area contributed by atoms with Gasteiger partial charge in [0.2, 0.25) is 11.8 Å². The van der Waals surface area contributed by atoms with Crippen LogP contribution >= 0.6 is 0 Å². The monoisotopic (exact) mass is 217 g/mol. The molecule has 0 rings (SSSR count). The largest absolute Gasteiger partial charge is 0.481 e. The molecule has 0 saturated heterocycles. The topological polar surface area (TPSA) is 136 Å². The Bertz CT molecular complexity index is 254. The van der Waals surface area contributed by atoms with Gasteiger partial charge in [0.05, 0.1) is 12.5 Å². The van der Waals surface area contributed by atoms with Crippen LogP contribution in [0.25, 0.3) is 0 Å². The minimum atomic E-state index is -0.965. The van der Waals surface area contributed by atoms with Crippen molar-refractivity contribution in [3.05, 3.63) is 0 Å². The number of carbonyl (C=O) groups is 3. The number of rotatable bonds is 7. The van der Waals surface area contributed by atoms with Gasteiger partial charge in [-0.1, -0.05) is 0 Å². The zero-order chi connectivity index (χ0) is 11.8. The molecular formula is C8H15N3O4. The van der Waals surface area contributed by atoms with E-state index in [0.29, 0.717) is 6.42 Å². The van der Waals surface area contributed by atoms with Crippen molar-refractivity contribution in [2.75, 3.05) is 6.54 Å². The van der Waals surface area contributed by atoms with Crippen molar-refractivity contribution in [3.63, 3.8) is 0 Å². The first kappa shape index (κ1) is 13.4. The summed E-state index contributed by atoms with van der Waals surface area (Å²) >= 11 is 0. The lowest BCUT2D eigenvalue weighted by molar-refractivity contribution is -0.137. The molecule has 7 heteroatoms. The number of nitrogens with two attached hydrogens (primary N) is 2. The number of aliphatic carboxylic acids is 1. The Kier molecular flexibility index (Phi) is 6.03. The highest BCUT2D eigenvalue weighted by molar-refractivity contribution is 5.87. The number of hydrogen-bond acceptors (Lipinski definition) is 4. The van der Waals surface area contributed by atoms with Gasteiger partial charge in [-0.25, -0.2) is 0 Å². The number of carboxylic acids is 1. The molecule has 1 unspecified atom stereocenters. The quantitative estimate of drug-likeness (QED) is 0.372. The summed E-state index contributed by atoms with van der Waals surface area (Å²) in [6.07, 6.45) is 0.0838. The zero-order valence-electron chi connectivity index (χ0n) is 8.23. The minimum Gasteiger partial charge on any atom is -0.481 e. The standard InChI is InChI=1S/C8H15N3O4/c9-5(4-6(10)12)8(15)11-3-1-2-7(13)14/h5H,1-4,9H2,(H2,10,12)(H,11,15)(H,13,14). The van der Waals surface area contributed by atoms with Crippen LogP contribution < -0.4 is 16.8 Å². The Morgan fingerprint density at radius 1 is 1.33 bits per heavy atom. The molecule has 0 fully saturated rings. The lowest BCUT2D eigenvalue weighted by Crippen LogP contribution is -2.43. The molecular weight excluding hydrogens is 202 g/mol. The van der Waals surface area contributed by atoms with E-state index in [1.165, 1.54) is 0 Å². The maximum atomic E-state index is 11.1. The molecule has 0 aromatic rings. The maximum absolute atomic E-state index is 11.1. The third-order valence-electron chi connectivity index (χ3n) is 1.62. The number of carboxylic acid groups (broad SMARTS) is 1. The summed E-state index contributed by atoms with van der Waals surface area (Å²) in [5.41, 5.74) is 10.2. The van der Waals surface area contributed by atoms with Gasteiger partial charge < -0.3 is 21.9 Å². The van der Waals surface area contributed by atoms with Crippen LogP contribution in [0.15, 0.2) is 0 Å². The first-order chi connectivity index (χ1) is 6.93. The number of amides is 2. The Morgan fingerprint density at radius 2 is 1.93 bits per heavy atom. The van der Waals surface area contributed by atoms with E-state index in [2.05, 4.69) is 5.32 Å². The van der Waals surface area contributed by atoms with Gasteiger partial charge in [-0.05, 0) is 6.42 Å². The van der Waals surface area contributed by atoms with E-state index in [-0.39, 0.29) is 19.4 Å². The summed E-state index contributed by atoms with van der Waals surface area (Å²) in [4.78, 5) is 31.7. The van der Waals surface area contributed by atoms with Crippen LogP contribution in [0.5, 0.6) is 0 Å². The predicted molar refractivity (Wildman–Crippen MR) is 51.7 cm³/mol. The summed E-state index contributed by atoms with van der Waals surface area (Å²) in [6.45, 7) is 0.220. The molecule has 1 atom stereocenters. The maximum Gasteiger partial charge on any atom is 0.303 e. The molecule has 0 radical (unpaired) electrons. The van der Waals surface area contributed by atoms with Gasteiger partial charge in [0, 0.05) is 13.0 Å². The Hall–Kier alpha value is -1.63. The molecule has 0 aliphatic heterocycles. The smallest absolute Gasteiger partial charge is 0.303 e. The highest BCUT2D eigenvalue weighted by atomic mass is 16.4. The molecule has 6 N–H and O–H groups in total. The SMILES string of the molecule is NC(=O)CC(N)C(=O)NCCCC(=O)O. The lowest BCUT2D eigenvalue weighted by atomic mass is 10.2. The first-order valence-electron chi connectivity index (χ1n) is 4.47. The normalized spacial score (nSPS) is 11.8. The molecule has 2 amide bonds. The lowest BCUT2D eigenvalue weighted by Gasteiger charge is -2.09. The van der Waals surface area contributed by atoms with E-state index < -0.39 is 23.8 Å². The van der Waals surface area contributed by atoms with E-state index in [1.54, 1.807) is 0 Å². The van der Waals surface area contributed by atoms with E-state index in [4.69, 9.17) is 16.6 Å². The van der Waals surface area contributed by atoms with Crippen molar-refractivity contribution < 1.29 is 19.5 Å². The molecule has 15 heavy (non-hydrogen) atoms. The van der Waals surface area contributed by atoms with Gasteiger partial charge in [0.15, 0.2) is 0 Å². The molecule has 0 aromatic carbocycles. The van der Waals surface area contributed by atoms with Crippen LogP contribution in [0, 0.1) is 0 Å². The van der Waals surface area contributed by atoms with Crippen molar-refractivity contribution in [2.24, 2.45) is 11.5 Å². The summed E-state index contributed by atoms with van der Waals surface area (Å²) in [6, 6.07) is -0.965. The second-order valence-corrected chi connectivity index (χ2v) is 3.07. The van der Waals surface area contributed by atoms with Gasteiger partial charge in [-0.2, -0.15) is 0 Å². The second kappa shape index (κ2) is 6.77. The molecule has 0 spiro atoms. The van der Waals surface area contributed by atoms with Crippen molar-refractivity contribution in [2.45, 2.75) is 25.3 Å². The number of primary amides is 1. The minimum absolute atomic E-state index is 0.0225. The summed E-state index contributed by atoms with van der Waals surface area (Å²) in [5, 5.41) is 10.7. The third-order valence-corrected chi connectivity index (χ3v) is 1.62. The fourth-order valence-corrected chi connectivity index (χ4v) is 0.892. The highest BCUT2D eigenvalue weighted by Crippen LogP contribution is 1.89. The number of hydrogen-bond donors (Lipinski definition) is 4. The van der Waals surface area contributed by atoms with Gasteiger partial charge in [0.25, 0.3) is 0 Å². The highest BCUT2D eigenvalue weighted by Gasteiger charge is 2.14. The summed E-state index contributed by atoms with van der Waals surface area (Å²) < 4.78 is 0. The van der Waals surface area contributed by atoms with Crippen LogP contribution in [-0.2, 0) is 14.4 Å². The van der Waals surface area contributed by atoms with Crippen LogP contribution in [0.2, 0.25) is 0 Å². The van der Waals surface area contributed by atoms with Crippen molar-refractivity contribution in [1.82, 2.24) is 5.32 Å². The molecule has 7 nitrogen and oxygen atoms in total. The average Bonchev–Trinajstić information content (AvgIpc) is 2.10. The number of carbonyl (C=O) groups excluding carboxylic acids is 2. The molecule has 0 heterocycles. The van der Waals surface area contributed by atoms with Crippen LogP contribution in [0.1, 0.15) is 19.3 Å². The first-order valence-corrected chi connectivity index (χ1v) is 4.47. The van der Waals surface area contributed by atoms with Crippen molar-refractivity contribution in [3.8, 4) is 0 Å². The van der Waals surface area contributed by atoms with Crippen molar-refractivity contribution in [1.29, 1.82) is 0 Å².